The zero-order chi connectivity index (χ0) is 20.3. The molecule has 0 fully saturated rings. The van der Waals surface area contributed by atoms with E-state index in [1.165, 1.54) is 36.4 Å². The Morgan fingerprint density at radius 3 is 2.41 bits per heavy atom. The maximum atomic E-state index is 12.7. The first-order valence-corrected chi connectivity index (χ1v) is 10.2. The van der Waals surface area contributed by atoms with Crippen molar-refractivity contribution in [3.63, 3.8) is 0 Å². The van der Waals surface area contributed by atoms with Gasteiger partial charge >= 0.3 is 0 Å². The summed E-state index contributed by atoms with van der Waals surface area (Å²) in [7, 11) is -3.82. The lowest BCUT2D eigenvalue weighted by atomic mass is 10.2. The van der Waals surface area contributed by atoms with Gasteiger partial charge in [0.1, 0.15) is 19.0 Å². The van der Waals surface area contributed by atoms with E-state index in [4.69, 9.17) is 9.47 Å². The van der Waals surface area contributed by atoms with Crippen LogP contribution in [0.15, 0.2) is 71.8 Å². The average Bonchev–Trinajstić information content (AvgIpc) is 2.74. The number of fused-ring (bicyclic) bond motifs is 1. The van der Waals surface area contributed by atoms with E-state index in [2.05, 4.69) is 15.0 Å². The van der Waals surface area contributed by atoms with Crippen molar-refractivity contribution >= 4 is 27.4 Å². The Morgan fingerprint density at radius 1 is 0.931 bits per heavy atom. The van der Waals surface area contributed by atoms with Crippen LogP contribution in [0.1, 0.15) is 10.4 Å². The van der Waals surface area contributed by atoms with Gasteiger partial charge in [-0.25, -0.2) is 13.4 Å². The van der Waals surface area contributed by atoms with Gasteiger partial charge < -0.3 is 14.8 Å². The van der Waals surface area contributed by atoms with E-state index in [1.54, 1.807) is 30.5 Å². The monoisotopic (exact) mass is 411 g/mol. The van der Waals surface area contributed by atoms with Crippen LogP contribution in [0.4, 0.5) is 11.5 Å². The summed E-state index contributed by atoms with van der Waals surface area (Å²) in [4.78, 5) is 16.3. The summed E-state index contributed by atoms with van der Waals surface area (Å²) in [5.41, 5.74) is 0.701. The highest BCUT2D eigenvalue weighted by Crippen LogP contribution is 2.32. The number of aromatic nitrogens is 1. The summed E-state index contributed by atoms with van der Waals surface area (Å²) in [5, 5.41) is 2.67. The highest BCUT2D eigenvalue weighted by Gasteiger charge is 2.19. The molecule has 8 nitrogen and oxygen atoms in total. The van der Waals surface area contributed by atoms with Crippen LogP contribution >= 0.6 is 0 Å². The number of rotatable bonds is 5. The quantitative estimate of drug-likeness (QED) is 0.669. The molecule has 29 heavy (non-hydrogen) atoms. The van der Waals surface area contributed by atoms with Crippen LogP contribution < -0.4 is 19.5 Å². The van der Waals surface area contributed by atoms with Crippen molar-refractivity contribution in [1.82, 2.24) is 4.98 Å². The average molecular weight is 411 g/mol. The van der Waals surface area contributed by atoms with Crippen molar-refractivity contribution in [2.45, 2.75) is 4.90 Å². The third-order valence-electron chi connectivity index (χ3n) is 4.13. The van der Waals surface area contributed by atoms with Crippen molar-refractivity contribution in [3.8, 4) is 11.5 Å². The molecule has 1 aliphatic rings. The Balaban J connectivity index is 1.47. The van der Waals surface area contributed by atoms with Gasteiger partial charge in [0.25, 0.3) is 15.9 Å². The number of sulfonamides is 1. The minimum absolute atomic E-state index is 0.0544. The van der Waals surface area contributed by atoms with Gasteiger partial charge in [-0.15, -0.1) is 0 Å². The van der Waals surface area contributed by atoms with E-state index >= 15 is 0 Å². The molecule has 3 aromatic rings. The van der Waals surface area contributed by atoms with E-state index in [-0.39, 0.29) is 10.8 Å². The van der Waals surface area contributed by atoms with Gasteiger partial charge in [0.15, 0.2) is 11.5 Å². The number of carbonyl (C=O) groups excluding carboxylic acids is 1. The molecule has 2 aromatic carbocycles. The fourth-order valence-corrected chi connectivity index (χ4v) is 3.79. The predicted octanol–water partition coefficient (Wildman–Crippen LogP) is 2.91. The molecule has 2 N–H and O–H groups in total. The van der Waals surface area contributed by atoms with Gasteiger partial charge in [0.2, 0.25) is 0 Å². The molecule has 1 aliphatic heterocycles. The molecule has 0 bridgehead atoms. The third kappa shape index (κ3) is 4.30. The summed E-state index contributed by atoms with van der Waals surface area (Å²) in [6.45, 7) is 0.795. The highest BCUT2D eigenvalue weighted by atomic mass is 32.2. The molecule has 0 atom stereocenters. The largest absolute Gasteiger partial charge is 0.486 e. The van der Waals surface area contributed by atoms with Crippen LogP contribution in [0, 0.1) is 0 Å². The fourth-order valence-electron chi connectivity index (χ4n) is 2.72. The van der Waals surface area contributed by atoms with Crippen LogP contribution in [0.5, 0.6) is 11.5 Å². The number of amides is 1. The normalized spacial score (nSPS) is 12.8. The molecule has 4 rings (SSSR count). The lowest BCUT2D eigenvalue weighted by Gasteiger charge is -2.19. The summed E-state index contributed by atoms with van der Waals surface area (Å²) in [5.74, 6) is 0.991. The number of hydrogen-bond donors (Lipinski definition) is 2. The molecule has 0 radical (unpaired) electrons. The smallest absolute Gasteiger partial charge is 0.262 e. The van der Waals surface area contributed by atoms with Gasteiger partial charge in [0, 0.05) is 23.5 Å². The Labute approximate surface area is 167 Å². The van der Waals surface area contributed by atoms with Gasteiger partial charge in [-0.3, -0.25) is 9.52 Å². The Hall–Kier alpha value is -3.59. The van der Waals surface area contributed by atoms with Crippen molar-refractivity contribution in [3.05, 3.63) is 72.4 Å². The predicted molar refractivity (Wildman–Crippen MR) is 107 cm³/mol. The van der Waals surface area contributed by atoms with Crippen LogP contribution in [-0.2, 0) is 10.0 Å². The maximum absolute atomic E-state index is 12.7. The van der Waals surface area contributed by atoms with Gasteiger partial charge in [-0.05, 0) is 48.5 Å². The van der Waals surface area contributed by atoms with Gasteiger partial charge in [-0.2, -0.15) is 0 Å². The van der Waals surface area contributed by atoms with Crippen LogP contribution in [0.3, 0.4) is 0 Å². The maximum Gasteiger partial charge on any atom is 0.262 e. The van der Waals surface area contributed by atoms with E-state index < -0.39 is 10.0 Å². The second-order valence-electron chi connectivity index (χ2n) is 6.16. The van der Waals surface area contributed by atoms with Crippen molar-refractivity contribution in [2.75, 3.05) is 23.3 Å². The summed E-state index contributed by atoms with van der Waals surface area (Å²) < 4.78 is 38.6. The van der Waals surface area contributed by atoms with E-state index in [1.807, 2.05) is 0 Å². The number of benzene rings is 2. The Bertz CT molecular complexity index is 1130. The molecular formula is C20H17N3O5S. The molecule has 0 saturated carbocycles. The molecule has 0 spiro atoms. The van der Waals surface area contributed by atoms with Gasteiger partial charge in [0.05, 0.1) is 4.90 Å². The summed E-state index contributed by atoms with van der Waals surface area (Å²) >= 11 is 0. The lowest BCUT2D eigenvalue weighted by Crippen LogP contribution is -2.17. The Morgan fingerprint density at radius 2 is 1.69 bits per heavy atom. The molecule has 1 amide bonds. The minimum Gasteiger partial charge on any atom is -0.486 e. The van der Waals surface area contributed by atoms with Crippen LogP contribution in [-0.4, -0.2) is 32.5 Å². The zero-order valence-electron chi connectivity index (χ0n) is 15.2. The van der Waals surface area contributed by atoms with E-state index in [0.717, 1.165) is 0 Å². The molecule has 0 aliphatic carbocycles. The number of nitrogens with zero attached hydrogens (tertiary/aromatic N) is 1. The highest BCUT2D eigenvalue weighted by molar-refractivity contribution is 7.92. The summed E-state index contributed by atoms with van der Waals surface area (Å²) in [6, 6.07) is 15.7. The zero-order valence-corrected chi connectivity index (χ0v) is 16.0. The molecular weight excluding hydrogens is 394 g/mol. The van der Waals surface area contributed by atoms with Crippen molar-refractivity contribution in [2.24, 2.45) is 0 Å². The molecule has 0 unspecified atom stereocenters. The first-order valence-electron chi connectivity index (χ1n) is 8.76. The first-order chi connectivity index (χ1) is 14.0. The van der Waals surface area contributed by atoms with Crippen LogP contribution in [0.25, 0.3) is 0 Å². The standard InChI is InChI=1S/C20H17N3O5S/c24-20(22-19-3-1-2-10-21-19)14-4-6-15(7-5-14)23-29(25,26)16-8-9-17-18(13-16)28-12-11-27-17/h1-10,13,23H,11-12H2,(H,21,22,24). The number of anilines is 2. The van der Waals surface area contributed by atoms with Crippen molar-refractivity contribution in [1.29, 1.82) is 0 Å². The third-order valence-corrected chi connectivity index (χ3v) is 5.51. The van der Waals surface area contributed by atoms with E-state index in [9.17, 15) is 13.2 Å². The van der Waals surface area contributed by atoms with E-state index in [0.29, 0.717) is 41.8 Å². The van der Waals surface area contributed by atoms with Gasteiger partial charge in [-0.1, -0.05) is 6.07 Å². The number of pyridine rings is 1. The Kier molecular flexibility index (Phi) is 5.05. The molecule has 1 aromatic heterocycles. The number of ether oxygens (including phenoxy) is 2. The number of carbonyl (C=O) groups is 1. The fraction of sp³-hybridized carbons (Fsp3) is 0.100. The lowest BCUT2D eigenvalue weighted by molar-refractivity contribution is 0.102. The molecule has 148 valence electrons. The molecule has 9 heteroatoms. The second kappa shape index (κ2) is 7.80. The summed E-state index contributed by atoms with van der Waals surface area (Å²) in [6.07, 6.45) is 1.57. The minimum atomic E-state index is -3.82. The number of nitrogens with one attached hydrogen (secondary N) is 2. The number of hydrogen-bond acceptors (Lipinski definition) is 6. The molecule has 0 saturated heterocycles. The molecule has 2 heterocycles. The van der Waals surface area contributed by atoms with Crippen LogP contribution in [0.2, 0.25) is 0 Å². The first kappa shape index (κ1) is 18.8. The SMILES string of the molecule is O=C(Nc1ccccn1)c1ccc(NS(=O)(=O)c2ccc3c(c2)OCCO3)cc1. The van der Waals surface area contributed by atoms with Crippen molar-refractivity contribution < 1.29 is 22.7 Å². The second-order valence-corrected chi connectivity index (χ2v) is 7.84. The topological polar surface area (TPSA) is 107 Å².